The standard InChI is InChI=1S/C11H10BrNO/c1-7(14)8-2-3-9-5-13-6-11(12)10(9)4-8/h2-7,14H,1H3. The van der Waals surface area contributed by atoms with Crippen molar-refractivity contribution in [2.45, 2.75) is 13.0 Å². The van der Waals surface area contributed by atoms with Crippen molar-refractivity contribution in [2.75, 3.05) is 0 Å². The maximum absolute atomic E-state index is 9.44. The Labute approximate surface area is 90.7 Å². The minimum Gasteiger partial charge on any atom is -0.389 e. The summed E-state index contributed by atoms with van der Waals surface area (Å²) in [6.07, 6.45) is 3.14. The third kappa shape index (κ3) is 1.65. The number of aromatic nitrogens is 1. The van der Waals surface area contributed by atoms with Crippen LogP contribution in [0.15, 0.2) is 35.1 Å². The van der Waals surface area contributed by atoms with Gasteiger partial charge in [0.15, 0.2) is 0 Å². The van der Waals surface area contributed by atoms with Gasteiger partial charge < -0.3 is 5.11 Å². The molecule has 1 atom stereocenters. The predicted octanol–water partition coefficient (Wildman–Crippen LogP) is 3.05. The number of rotatable bonds is 1. The molecule has 0 fully saturated rings. The van der Waals surface area contributed by atoms with Gasteiger partial charge in [-0.1, -0.05) is 12.1 Å². The number of aliphatic hydroxyl groups is 1. The molecule has 1 aromatic carbocycles. The molecular weight excluding hydrogens is 242 g/mol. The summed E-state index contributed by atoms with van der Waals surface area (Å²) in [7, 11) is 0. The average Bonchev–Trinajstić information content (AvgIpc) is 2.18. The summed E-state index contributed by atoms with van der Waals surface area (Å²) in [6, 6.07) is 5.86. The Bertz CT molecular complexity index is 468. The molecule has 3 heteroatoms. The van der Waals surface area contributed by atoms with Crippen LogP contribution in [0, 0.1) is 0 Å². The Kier molecular flexibility index (Phi) is 2.52. The van der Waals surface area contributed by atoms with E-state index >= 15 is 0 Å². The first-order valence-corrected chi connectivity index (χ1v) is 5.19. The van der Waals surface area contributed by atoms with Crippen molar-refractivity contribution >= 4 is 26.7 Å². The highest BCUT2D eigenvalue weighted by atomic mass is 79.9. The van der Waals surface area contributed by atoms with E-state index in [1.165, 1.54) is 0 Å². The van der Waals surface area contributed by atoms with Crippen LogP contribution in [-0.4, -0.2) is 10.1 Å². The van der Waals surface area contributed by atoms with Gasteiger partial charge in [0.05, 0.1) is 6.10 Å². The van der Waals surface area contributed by atoms with E-state index in [9.17, 15) is 5.11 Å². The van der Waals surface area contributed by atoms with E-state index in [2.05, 4.69) is 20.9 Å². The highest BCUT2D eigenvalue weighted by Gasteiger charge is 2.03. The van der Waals surface area contributed by atoms with E-state index in [0.29, 0.717) is 0 Å². The van der Waals surface area contributed by atoms with Gasteiger partial charge in [0.25, 0.3) is 0 Å². The molecule has 0 aliphatic carbocycles. The number of halogens is 1. The monoisotopic (exact) mass is 251 g/mol. The van der Waals surface area contributed by atoms with E-state index in [1.54, 1.807) is 13.1 Å². The second-order valence-electron chi connectivity index (χ2n) is 3.28. The maximum Gasteiger partial charge on any atom is 0.0762 e. The molecule has 14 heavy (non-hydrogen) atoms. The lowest BCUT2D eigenvalue weighted by Gasteiger charge is -2.06. The SMILES string of the molecule is CC(O)c1ccc2cncc(Br)c2c1. The van der Waals surface area contributed by atoms with Gasteiger partial charge in [0.1, 0.15) is 0 Å². The van der Waals surface area contributed by atoms with Gasteiger partial charge in [-0.2, -0.15) is 0 Å². The van der Waals surface area contributed by atoms with Crippen LogP contribution in [0.3, 0.4) is 0 Å². The molecule has 2 aromatic rings. The molecule has 0 saturated carbocycles. The van der Waals surface area contributed by atoms with Crippen LogP contribution in [0.5, 0.6) is 0 Å². The smallest absolute Gasteiger partial charge is 0.0762 e. The van der Waals surface area contributed by atoms with Crippen LogP contribution in [0.2, 0.25) is 0 Å². The lowest BCUT2D eigenvalue weighted by atomic mass is 10.1. The first-order valence-electron chi connectivity index (χ1n) is 4.39. The fourth-order valence-corrected chi connectivity index (χ4v) is 1.87. The molecule has 0 spiro atoms. The number of aliphatic hydroxyl groups excluding tert-OH is 1. The number of fused-ring (bicyclic) bond motifs is 1. The van der Waals surface area contributed by atoms with Crippen LogP contribution in [0.25, 0.3) is 10.8 Å². The van der Waals surface area contributed by atoms with Gasteiger partial charge in [-0.05, 0) is 39.9 Å². The zero-order valence-corrected chi connectivity index (χ0v) is 9.32. The Balaban J connectivity index is 2.70. The fraction of sp³-hybridized carbons (Fsp3) is 0.182. The molecule has 2 nitrogen and oxygen atoms in total. The summed E-state index contributed by atoms with van der Waals surface area (Å²) < 4.78 is 0.956. The van der Waals surface area contributed by atoms with Crippen LogP contribution in [0.4, 0.5) is 0 Å². The topological polar surface area (TPSA) is 33.1 Å². The predicted molar refractivity (Wildman–Crippen MR) is 60.1 cm³/mol. The van der Waals surface area contributed by atoms with E-state index in [4.69, 9.17) is 0 Å². The number of hydrogen-bond acceptors (Lipinski definition) is 2. The minimum absolute atomic E-state index is 0.431. The lowest BCUT2D eigenvalue weighted by molar-refractivity contribution is 0.199. The lowest BCUT2D eigenvalue weighted by Crippen LogP contribution is -1.90. The van der Waals surface area contributed by atoms with Crippen molar-refractivity contribution in [3.05, 3.63) is 40.6 Å². The van der Waals surface area contributed by atoms with E-state index in [1.807, 2.05) is 24.4 Å². The van der Waals surface area contributed by atoms with Crippen LogP contribution in [0.1, 0.15) is 18.6 Å². The average molecular weight is 252 g/mol. The fourth-order valence-electron chi connectivity index (χ4n) is 1.41. The Hall–Kier alpha value is -0.930. The second-order valence-corrected chi connectivity index (χ2v) is 4.13. The summed E-state index contributed by atoms with van der Waals surface area (Å²) in [5.74, 6) is 0. The number of pyridine rings is 1. The molecule has 0 amide bonds. The summed E-state index contributed by atoms with van der Waals surface area (Å²) >= 11 is 3.44. The first kappa shape index (κ1) is 9.62. The van der Waals surface area contributed by atoms with Gasteiger partial charge in [-0.3, -0.25) is 4.98 Å². The first-order chi connectivity index (χ1) is 6.68. The van der Waals surface area contributed by atoms with Gasteiger partial charge in [0, 0.05) is 22.3 Å². The highest BCUT2D eigenvalue weighted by molar-refractivity contribution is 9.10. The summed E-state index contributed by atoms with van der Waals surface area (Å²) in [6.45, 7) is 1.76. The molecule has 1 N–H and O–H groups in total. The second kappa shape index (κ2) is 3.67. The molecule has 1 aromatic heterocycles. The third-order valence-electron chi connectivity index (χ3n) is 2.22. The third-order valence-corrected chi connectivity index (χ3v) is 2.85. The molecule has 72 valence electrons. The number of nitrogens with zero attached hydrogens (tertiary/aromatic N) is 1. The molecule has 0 aliphatic heterocycles. The van der Waals surface area contributed by atoms with Crippen LogP contribution in [-0.2, 0) is 0 Å². The van der Waals surface area contributed by atoms with Crippen molar-refractivity contribution in [3.63, 3.8) is 0 Å². The van der Waals surface area contributed by atoms with Crippen molar-refractivity contribution in [1.82, 2.24) is 4.98 Å². The van der Waals surface area contributed by atoms with Gasteiger partial charge in [-0.15, -0.1) is 0 Å². The van der Waals surface area contributed by atoms with Crippen molar-refractivity contribution in [2.24, 2.45) is 0 Å². The Morgan fingerprint density at radius 1 is 1.36 bits per heavy atom. The summed E-state index contributed by atoms with van der Waals surface area (Å²) in [5.41, 5.74) is 0.921. The quantitative estimate of drug-likeness (QED) is 0.846. The molecule has 1 unspecified atom stereocenters. The van der Waals surface area contributed by atoms with Crippen molar-refractivity contribution < 1.29 is 5.11 Å². The van der Waals surface area contributed by atoms with Gasteiger partial charge in [-0.25, -0.2) is 0 Å². The Morgan fingerprint density at radius 2 is 2.14 bits per heavy atom. The maximum atomic E-state index is 9.44. The van der Waals surface area contributed by atoms with Crippen LogP contribution < -0.4 is 0 Å². The molecule has 0 bridgehead atoms. The largest absolute Gasteiger partial charge is 0.389 e. The highest BCUT2D eigenvalue weighted by Crippen LogP contribution is 2.25. The van der Waals surface area contributed by atoms with Crippen molar-refractivity contribution in [1.29, 1.82) is 0 Å². The minimum atomic E-state index is -0.431. The van der Waals surface area contributed by atoms with Crippen LogP contribution >= 0.6 is 15.9 Å². The molecule has 0 aliphatic rings. The van der Waals surface area contributed by atoms with Crippen molar-refractivity contribution in [3.8, 4) is 0 Å². The Morgan fingerprint density at radius 3 is 2.86 bits per heavy atom. The van der Waals surface area contributed by atoms with Gasteiger partial charge in [0.2, 0.25) is 0 Å². The number of hydrogen-bond donors (Lipinski definition) is 1. The van der Waals surface area contributed by atoms with E-state index in [-0.39, 0.29) is 0 Å². The molecule has 1 heterocycles. The normalized spacial score (nSPS) is 13.1. The van der Waals surface area contributed by atoms with E-state index in [0.717, 1.165) is 20.8 Å². The van der Waals surface area contributed by atoms with Gasteiger partial charge >= 0.3 is 0 Å². The number of benzene rings is 1. The molecular formula is C11H10BrNO. The molecule has 2 rings (SSSR count). The summed E-state index contributed by atoms with van der Waals surface area (Å²) in [4.78, 5) is 4.08. The van der Waals surface area contributed by atoms with E-state index < -0.39 is 6.10 Å². The zero-order valence-electron chi connectivity index (χ0n) is 7.74. The molecule has 0 saturated heterocycles. The summed E-state index contributed by atoms with van der Waals surface area (Å²) in [5, 5.41) is 11.6. The molecule has 0 radical (unpaired) electrons. The zero-order chi connectivity index (χ0) is 10.1.